The zero-order valence-corrected chi connectivity index (χ0v) is 36.4. The second-order valence-electron chi connectivity index (χ2n) is 17.6. The molecule has 348 valence electrons. The second kappa shape index (κ2) is 17.2. The van der Waals surface area contributed by atoms with Crippen molar-refractivity contribution in [2.75, 3.05) is 13.2 Å². The van der Waals surface area contributed by atoms with E-state index in [1.54, 1.807) is 26.0 Å². The minimum absolute atomic E-state index is 0.0300. The van der Waals surface area contributed by atoms with E-state index >= 15 is 0 Å². The van der Waals surface area contributed by atoms with E-state index in [2.05, 4.69) is 25.3 Å². The van der Waals surface area contributed by atoms with E-state index in [0.717, 1.165) is 4.90 Å². The van der Waals surface area contributed by atoms with Crippen LogP contribution in [0, 0.1) is 17.8 Å². The van der Waals surface area contributed by atoms with Crippen LogP contribution in [0.25, 0.3) is 11.0 Å². The highest BCUT2D eigenvalue weighted by molar-refractivity contribution is 7.91. The van der Waals surface area contributed by atoms with Crippen LogP contribution in [-0.2, 0) is 35.3 Å². The molecule has 15 nitrogen and oxygen atoms in total. The molecule has 0 spiro atoms. The van der Waals surface area contributed by atoms with E-state index in [-0.39, 0.29) is 48.6 Å². The summed E-state index contributed by atoms with van der Waals surface area (Å²) in [4.78, 5) is 65.4. The zero-order chi connectivity index (χ0) is 46.5. The Labute approximate surface area is 360 Å². The van der Waals surface area contributed by atoms with Gasteiger partial charge in [0.1, 0.15) is 29.5 Å². The molecular weight excluding hydrogens is 867 g/mol. The summed E-state index contributed by atoms with van der Waals surface area (Å²) in [6, 6.07) is 0.793. The molecule has 0 bridgehead atoms. The van der Waals surface area contributed by atoms with Crippen LogP contribution in [0.4, 0.5) is 31.1 Å². The number of hydrogen-bond acceptors (Lipinski definition) is 11. The fourth-order valence-electron chi connectivity index (χ4n) is 7.96. The van der Waals surface area contributed by atoms with Gasteiger partial charge in [0, 0.05) is 18.4 Å². The molecule has 3 fully saturated rings. The number of benzene rings is 1. The number of fused-ring (bicyclic) bond motifs is 3. The van der Waals surface area contributed by atoms with Gasteiger partial charge in [-0.05, 0) is 90.2 Å². The summed E-state index contributed by atoms with van der Waals surface area (Å²) in [5.41, 5.74) is -6.49. The van der Waals surface area contributed by atoms with Gasteiger partial charge in [-0.2, -0.15) is 26.3 Å². The lowest BCUT2D eigenvalue weighted by Gasteiger charge is -2.35. The van der Waals surface area contributed by atoms with Crippen LogP contribution in [0.15, 0.2) is 30.4 Å². The molecule has 0 radical (unpaired) electrons. The topological polar surface area (TPSA) is 195 Å². The Morgan fingerprint density at radius 1 is 1.03 bits per heavy atom. The predicted octanol–water partition coefficient (Wildman–Crippen LogP) is 6.11. The maximum atomic E-state index is 14.9. The summed E-state index contributed by atoms with van der Waals surface area (Å²) in [5.74, 6) is -5.32. The Morgan fingerprint density at radius 3 is 2.35 bits per heavy atom. The summed E-state index contributed by atoms with van der Waals surface area (Å²) in [7, 11) is -4.19. The molecule has 4 amide bonds. The average Bonchev–Trinajstić information content (AvgIpc) is 4.06. The zero-order valence-electron chi connectivity index (χ0n) is 35.6. The number of nitrogens with zero attached hydrogens (tertiary/aromatic N) is 3. The SMILES string of the molecule is CCOc1ccc2nc(C(F)(F)F)c(O[C@@H]3C[C@H]4C(=O)N[C@]5(C(=O)NS(=O)(=O)C6(C)CC6)C[C@H]5/C=C\CC[C@@H](C)C[C@@H](CC)[C@H](NC(=O)OC(C)(C)C(F)(F)F)C(=O)N4C3)nc2c1. The molecule has 63 heavy (non-hydrogen) atoms. The first-order valence-corrected chi connectivity index (χ1v) is 22.3. The fourth-order valence-corrected chi connectivity index (χ4v) is 9.27. The lowest BCUT2D eigenvalue weighted by atomic mass is 9.85. The van der Waals surface area contributed by atoms with Gasteiger partial charge in [0.05, 0.1) is 28.9 Å². The number of allylic oxidation sites excluding steroid dienone is 1. The average molecular weight is 919 g/mol. The summed E-state index contributed by atoms with van der Waals surface area (Å²) in [5, 5.41) is 4.95. The van der Waals surface area contributed by atoms with Gasteiger partial charge in [0.25, 0.3) is 5.91 Å². The van der Waals surface area contributed by atoms with Gasteiger partial charge in [-0.1, -0.05) is 32.4 Å². The van der Waals surface area contributed by atoms with Crippen molar-refractivity contribution in [3.8, 4) is 11.6 Å². The van der Waals surface area contributed by atoms with Crippen molar-refractivity contribution in [1.29, 1.82) is 0 Å². The molecule has 1 saturated heterocycles. The molecule has 7 atom stereocenters. The van der Waals surface area contributed by atoms with Crippen molar-refractivity contribution in [1.82, 2.24) is 30.2 Å². The highest BCUT2D eigenvalue weighted by atomic mass is 32.2. The number of ether oxygens (including phenoxy) is 3. The van der Waals surface area contributed by atoms with Crippen LogP contribution in [-0.4, -0.2) is 101 Å². The number of rotatable bonds is 10. The minimum Gasteiger partial charge on any atom is -0.494 e. The Morgan fingerprint density at radius 2 is 1.73 bits per heavy atom. The number of hydrogen-bond donors (Lipinski definition) is 3. The summed E-state index contributed by atoms with van der Waals surface area (Å²) < 4.78 is 129. The minimum atomic E-state index is -5.10. The number of nitrogens with one attached hydrogen (secondary N) is 3. The van der Waals surface area contributed by atoms with Gasteiger partial charge in [-0.15, -0.1) is 0 Å². The first-order valence-electron chi connectivity index (χ1n) is 20.8. The van der Waals surface area contributed by atoms with E-state index < -0.39 is 117 Å². The molecule has 1 aromatic heterocycles. The highest BCUT2D eigenvalue weighted by Crippen LogP contribution is 2.48. The summed E-state index contributed by atoms with van der Waals surface area (Å²) >= 11 is 0. The Kier molecular flexibility index (Phi) is 13.0. The Hall–Kier alpha value is -4.89. The van der Waals surface area contributed by atoms with Crippen LogP contribution in [0.5, 0.6) is 11.6 Å². The van der Waals surface area contributed by atoms with Crippen molar-refractivity contribution < 1.29 is 68.1 Å². The number of sulfonamides is 1. The molecule has 2 aromatic rings. The van der Waals surface area contributed by atoms with Gasteiger partial charge in [0.15, 0.2) is 0 Å². The van der Waals surface area contributed by atoms with Crippen LogP contribution < -0.4 is 24.8 Å². The maximum Gasteiger partial charge on any atom is 0.438 e. The smallest absolute Gasteiger partial charge is 0.438 e. The molecule has 2 aliphatic heterocycles. The molecule has 22 heteroatoms. The summed E-state index contributed by atoms with van der Waals surface area (Å²) in [6.07, 6.45) is -8.13. The van der Waals surface area contributed by atoms with E-state index in [0.29, 0.717) is 39.5 Å². The molecular formula is C41H52F6N6O9S. The van der Waals surface area contributed by atoms with Crippen molar-refractivity contribution in [2.24, 2.45) is 17.8 Å². The number of carbonyl (C=O) groups is 4. The van der Waals surface area contributed by atoms with Gasteiger partial charge in [-0.3, -0.25) is 19.1 Å². The first kappa shape index (κ1) is 47.6. The van der Waals surface area contributed by atoms with Crippen LogP contribution in [0.2, 0.25) is 0 Å². The second-order valence-corrected chi connectivity index (χ2v) is 19.8. The number of alkyl halides is 6. The summed E-state index contributed by atoms with van der Waals surface area (Å²) in [6.45, 7) is 7.61. The lowest BCUT2D eigenvalue weighted by Crippen LogP contribution is -2.60. The van der Waals surface area contributed by atoms with Crippen LogP contribution in [0.1, 0.15) is 98.6 Å². The molecule has 2 aliphatic carbocycles. The quantitative estimate of drug-likeness (QED) is 0.184. The normalized spacial score (nSPS) is 28.3. The van der Waals surface area contributed by atoms with E-state index in [1.165, 1.54) is 25.1 Å². The van der Waals surface area contributed by atoms with Crippen LogP contribution in [0.3, 0.4) is 0 Å². The Bertz CT molecular complexity index is 2250. The van der Waals surface area contributed by atoms with Gasteiger partial charge < -0.3 is 29.7 Å². The third-order valence-electron chi connectivity index (χ3n) is 12.4. The van der Waals surface area contributed by atoms with Crippen molar-refractivity contribution in [2.45, 2.75) is 139 Å². The van der Waals surface area contributed by atoms with Crippen LogP contribution >= 0.6 is 0 Å². The molecule has 6 rings (SSSR count). The molecule has 1 aromatic carbocycles. The number of amides is 4. The molecule has 3 heterocycles. The van der Waals surface area contributed by atoms with E-state index in [1.807, 2.05) is 6.92 Å². The highest BCUT2D eigenvalue weighted by Gasteiger charge is 2.63. The third kappa shape index (κ3) is 10.1. The largest absolute Gasteiger partial charge is 0.494 e. The van der Waals surface area contributed by atoms with Gasteiger partial charge in [0.2, 0.25) is 39.0 Å². The fraction of sp³-hybridized carbons (Fsp3) is 0.659. The maximum absolute atomic E-state index is 14.9. The predicted molar refractivity (Wildman–Crippen MR) is 213 cm³/mol. The molecule has 3 N–H and O–H groups in total. The van der Waals surface area contributed by atoms with Crippen molar-refractivity contribution >= 4 is 44.9 Å². The third-order valence-corrected chi connectivity index (χ3v) is 14.5. The van der Waals surface area contributed by atoms with Gasteiger partial charge in [-0.25, -0.2) is 23.2 Å². The van der Waals surface area contributed by atoms with Crippen molar-refractivity contribution in [3.63, 3.8) is 0 Å². The van der Waals surface area contributed by atoms with E-state index in [4.69, 9.17) is 14.2 Å². The number of alkyl carbamates (subject to hydrolysis) is 1. The van der Waals surface area contributed by atoms with Crippen molar-refractivity contribution in [3.05, 3.63) is 36.0 Å². The Balaban J connectivity index is 1.40. The number of aromatic nitrogens is 2. The van der Waals surface area contributed by atoms with Gasteiger partial charge >= 0.3 is 18.4 Å². The standard InChI is InChI=1S/C41H52F6N6O9S/c1-7-23-17-22(3)11-9-10-12-24-20-39(24,35(56)52-63(58,59)38(6)15-16-38)51-32(54)29-19-26(21-53(29)34(55)30(23)50-36(57)62-37(4,5)41(45,46)47)61-33-31(40(42,43)44)48-27-14-13-25(60-8-2)18-28(27)49-33/h10,12-14,18,22-24,26,29-30H,7-9,11,15-17,19-21H2,1-6H3,(H,50,57)(H,51,54)(H,52,56)/b12-10-/t22-,23-,24-,26-,29+,30+,39-/m1/s1. The number of carbonyl (C=O) groups excluding carboxylic acids is 4. The van der Waals surface area contributed by atoms with E-state index in [9.17, 15) is 53.9 Å². The molecule has 0 unspecified atom stereocenters. The number of halogens is 6. The lowest BCUT2D eigenvalue weighted by molar-refractivity contribution is -0.244. The monoisotopic (exact) mass is 918 g/mol. The first-order chi connectivity index (χ1) is 29.2. The molecule has 4 aliphatic rings. The molecule has 2 saturated carbocycles.